The Morgan fingerprint density at radius 1 is 1.00 bits per heavy atom. The number of esters is 2. The summed E-state index contributed by atoms with van der Waals surface area (Å²) in [5, 5.41) is 0. The van der Waals surface area contributed by atoms with Crippen LogP contribution in [0.1, 0.15) is 12.8 Å². The minimum Gasteiger partial charge on any atom is -0.393 e. The summed E-state index contributed by atoms with van der Waals surface area (Å²) in [4.78, 5) is 20.0. The molecule has 0 bridgehead atoms. The topological polar surface area (TPSA) is 55.9 Å². The van der Waals surface area contributed by atoms with E-state index in [1.165, 1.54) is 0 Å². The molecule has 10 heavy (non-hydrogen) atoms. The summed E-state index contributed by atoms with van der Waals surface area (Å²) in [5.74, 6) is -0.796. The Kier molecular flexibility index (Phi) is 2.39. The van der Waals surface area contributed by atoms with Gasteiger partial charge in [0.25, 0.3) is 0 Å². The quantitative estimate of drug-likeness (QED) is 0.270. The van der Waals surface area contributed by atoms with Crippen LogP contribution in [0.4, 0.5) is 0 Å². The van der Waals surface area contributed by atoms with E-state index in [1.54, 1.807) is 0 Å². The molecule has 0 unspecified atom stereocenters. The normalized spacial score (nSPS) is 21.2. The van der Waals surface area contributed by atoms with Gasteiger partial charge in [0.05, 0.1) is 26.1 Å². The molecule has 2 aliphatic heterocycles. The zero-order valence-corrected chi connectivity index (χ0v) is 5.46. The first-order valence-electron chi connectivity index (χ1n) is 3.10. The van der Waals surface area contributed by atoms with Crippen LogP contribution in [-0.2, 0) is 19.1 Å². The third-order valence-corrected chi connectivity index (χ3v) is 0.965. The molecule has 0 amide bonds. The molecule has 0 radical (unpaired) electrons. The highest BCUT2D eigenvalue weighted by molar-refractivity contribution is 5.92. The molecule has 4 nitrogen and oxygen atoms in total. The lowest BCUT2D eigenvalue weighted by atomic mass is 10.4. The minimum absolute atomic E-state index is 0.263. The van der Waals surface area contributed by atoms with E-state index in [2.05, 4.69) is 9.47 Å². The molecule has 2 saturated heterocycles. The molecule has 0 spiro atoms. The fourth-order valence-corrected chi connectivity index (χ4v) is 0.433. The predicted octanol–water partition coefficient (Wildman–Crippen LogP) is -0.133. The number of ether oxygens (including phenoxy) is 2. The van der Waals surface area contributed by atoms with Crippen molar-refractivity contribution in [1.29, 1.82) is 0 Å². The van der Waals surface area contributed by atoms with Crippen LogP contribution < -0.4 is 0 Å². The molecule has 0 aromatic rings. The first-order valence-corrected chi connectivity index (χ1v) is 3.10. The van der Waals surface area contributed by atoms with E-state index < -0.39 is 11.9 Å². The number of hydrogen-bond acceptors (Lipinski definition) is 4. The van der Waals surface area contributed by atoms with Gasteiger partial charge in [-0.05, 0) is 0 Å². The fourth-order valence-electron chi connectivity index (χ4n) is 0.433. The monoisotopic (exact) mass is 144 g/mol. The lowest BCUT2D eigenvalue weighted by molar-refractivity contribution is -0.151. The zero-order chi connectivity index (χ0) is 7.40. The maximum Gasteiger partial charge on any atom is 0.314 e. The highest BCUT2D eigenvalue weighted by Gasteiger charge is 2.19. The molecular formula is C6H8O4. The number of rotatable bonds is 0. The Morgan fingerprint density at radius 3 is 1.50 bits per heavy atom. The van der Waals surface area contributed by atoms with Gasteiger partial charge < -0.3 is 9.47 Å². The molecule has 2 heterocycles. The van der Waals surface area contributed by atoms with E-state index >= 15 is 0 Å². The largest absolute Gasteiger partial charge is 0.393 e. The number of carbonyl (C=O) groups excluding carboxylic acids is 2. The average molecular weight is 144 g/mol. The fraction of sp³-hybridized carbons (Fsp3) is 0.667. The maximum absolute atomic E-state index is 10.0. The Bertz CT molecular complexity index is 133. The summed E-state index contributed by atoms with van der Waals surface area (Å²) in [7, 11) is 0. The molecule has 56 valence electrons. The molecule has 0 aromatic heterocycles. The molecule has 0 saturated carbocycles. The van der Waals surface area contributed by atoms with Crippen molar-refractivity contribution in [2.45, 2.75) is 12.8 Å². The molecule has 0 atom stereocenters. The number of epoxide rings is 1. The molecule has 4 heteroatoms. The van der Waals surface area contributed by atoms with Crippen LogP contribution in [0.2, 0.25) is 0 Å². The zero-order valence-electron chi connectivity index (χ0n) is 5.46. The SMILES string of the molecule is C1CO1.O=C1CCC(=O)O1. The lowest BCUT2D eigenvalue weighted by Gasteiger charge is -1.79. The van der Waals surface area contributed by atoms with Crippen molar-refractivity contribution >= 4 is 11.9 Å². The Hall–Kier alpha value is -0.900. The number of hydrogen-bond donors (Lipinski definition) is 0. The van der Waals surface area contributed by atoms with Crippen LogP contribution in [0.25, 0.3) is 0 Å². The van der Waals surface area contributed by atoms with Crippen molar-refractivity contribution in [3.05, 3.63) is 0 Å². The number of cyclic esters (lactones) is 2. The Labute approximate surface area is 58.1 Å². The standard InChI is InChI=1S/C4H4O3.C2H4O/c5-3-1-2-4(6)7-3;1-2-3-1/h1-2H2;1-2H2. The van der Waals surface area contributed by atoms with E-state index in [9.17, 15) is 9.59 Å². The molecule has 0 aliphatic carbocycles. The van der Waals surface area contributed by atoms with Gasteiger partial charge in [0.2, 0.25) is 0 Å². The second-order valence-electron chi connectivity index (χ2n) is 1.96. The van der Waals surface area contributed by atoms with E-state index in [1.807, 2.05) is 0 Å². The van der Waals surface area contributed by atoms with Gasteiger partial charge in [-0.3, -0.25) is 9.59 Å². The van der Waals surface area contributed by atoms with Gasteiger partial charge in [-0.15, -0.1) is 0 Å². The second-order valence-corrected chi connectivity index (χ2v) is 1.96. The van der Waals surface area contributed by atoms with Crippen molar-refractivity contribution in [3.63, 3.8) is 0 Å². The summed E-state index contributed by atoms with van der Waals surface area (Å²) >= 11 is 0. The van der Waals surface area contributed by atoms with Gasteiger partial charge in [-0.25, -0.2) is 0 Å². The first-order chi connectivity index (χ1) is 4.79. The summed E-state index contributed by atoms with van der Waals surface area (Å²) in [5.41, 5.74) is 0. The highest BCUT2D eigenvalue weighted by atomic mass is 16.6. The van der Waals surface area contributed by atoms with Crippen LogP contribution in [-0.4, -0.2) is 25.2 Å². The third-order valence-electron chi connectivity index (χ3n) is 0.965. The smallest absolute Gasteiger partial charge is 0.314 e. The average Bonchev–Trinajstić information content (AvgIpc) is 2.67. The molecule has 0 aromatic carbocycles. The van der Waals surface area contributed by atoms with Gasteiger partial charge >= 0.3 is 11.9 Å². The summed E-state index contributed by atoms with van der Waals surface area (Å²) in [6.07, 6.45) is 0.525. The summed E-state index contributed by atoms with van der Waals surface area (Å²) in [6, 6.07) is 0. The first kappa shape index (κ1) is 7.21. The van der Waals surface area contributed by atoms with Crippen molar-refractivity contribution in [1.82, 2.24) is 0 Å². The molecule has 2 fully saturated rings. The number of carbonyl (C=O) groups is 2. The van der Waals surface area contributed by atoms with Crippen molar-refractivity contribution in [2.75, 3.05) is 13.2 Å². The van der Waals surface area contributed by atoms with Crippen LogP contribution in [0, 0.1) is 0 Å². The lowest BCUT2D eigenvalue weighted by Crippen LogP contribution is -1.94. The summed E-state index contributed by atoms with van der Waals surface area (Å²) in [6.45, 7) is 2.00. The van der Waals surface area contributed by atoms with Crippen LogP contribution >= 0.6 is 0 Å². The van der Waals surface area contributed by atoms with Gasteiger partial charge in [0.15, 0.2) is 0 Å². The Morgan fingerprint density at radius 2 is 1.40 bits per heavy atom. The summed E-state index contributed by atoms with van der Waals surface area (Å²) < 4.78 is 8.58. The minimum atomic E-state index is -0.398. The van der Waals surface area contributed by atoms with Crippen LogP contribution in [0.15, 0.2) is 0 Å². The predicted molar refractivity (Wildman–Crippen MR) is 31.2 cm³/mol. The van der Waals surface area contributed by atoms with E-state index in [4.69, 9.17) is 0 Å². The third kappa shape index (κ3) is 3.19. The van der Waals surface area contributed by atoms with Crippen molar-refractivity contribution in [2.24, 2.45) is 0 Å². The maximum atomic E-state index is 10.0. The second kappa shape index (κ2) is 3.31. The van der Waals surface area contributed by atoms with E-state index in [0.717, 1.165) is 13.2 Å². The van der Waals surface area contributed by atoms with E-state index in [-0.39, 0.29) is 12.8 Å². The van der Waals surface area contributed by atoms with Crippen molar-refractivity contribution in [3.8, 4) is 0 Å². The molecule has 2 aliphatic rings. The molecule has 0 N–H and O–H groups in total. The highest BCUT2D eigenvalue weighted by Crippen LogP contribution is 2.03. The van der Waals surface area contributed by atoms with Gasteiger partial charge in [0.1, 0.15) is 0 Å². The van der Waals surface area contributed by atoms with E-state index in [0.29, 0.717) is 0 Å². The van der Waals surface area contributed by atoms with Crippen molar-refractivity contribution < 1.29 is 19.1 Å². The van der Waals surface area contributed by atoms with Gasteiger partial charge in [-0.2, -0.15) is 0 Å². The van der Waals surface area contributed by atoms with Gasteiger partial charge in [-0.1, -0.05) is 0 Å². The van der Waals surface area contributed by atoms with Crippen LogP contribution in [0.3, 0.4) is 0 Å². The van der Waals surface area contributed by atoms with Gasteiger partial charge in [0, 0.05) is 0 Å². The Balaban J connectivity index is 0.000000138. The molecular weight excluding hydrogens is 136 g/mol. The molecule has 2 rings (SSSR count). The van der Waals surface area contributed by atoms with Crippen LogP contribution in [0.5, 0.6) is 0 Å².